The average molecular weight is 542 g/mol. The second-order valence-corrected chi connectivity index (χ2v) is 11.9. The molecule has 0 fully saturated rings. The molecule has 1 aliphatic heterocycles. The van der Waals surface area contributed by atoms with Gasteiger partial charge in [0.15, 0.2) is 4.80 Å². The first-order valence-electron chi connectivity index (χ1n) is 13.9. The third-order valence-corrected chi connectivity index (χ3v) is 9.39. The third-order valence-electron chi connectivity index (χ3n) is 8.41. The van der Waals surface area contributed by atoms with Crippen LogP contribution in [0.5, 0.6) is 0 Å². The molecule has 5 aromatic rings. The van der Waals surface area contributed by atoms with Gasteiger partial charge in [0.1, 0.15) is 0 Å². The summed E-state index contributed by atoms with van der Waals surface area (Å²) in [6, 6.07) is 27.4. The molecule has 5 heteroatoms. The summed E-state index contributed by atoms with van der Waals surface area (Å²) in [5.74, 6) is 0. The second-order valence-electron chi connectivity index (χ2n) is 10.9. The molecule has 0 amide bonds. The van der Waals surface area contributed by atoms with Gasteiger partial charge in [0.05, 0.1) is 22.0 Å². The van der Waals surface area contributed by atoms with Gasteiger partial charge in [-0.3, -0.25) is 9.36 Å². The first-order chi connectivity index (χ1) is 19.4. The van der Waals surface area contributed by atoms with Crippen LogP contribution in [0, 0.1) is 27.7 Å². The van der Waals surface area contributed by atoms with Crippen LogP contribution in [-0.4, -0.2) is 9.13 Å². The molecule has 1 aliphatic carbocycles. The Kier molecular flexibility index (Phi) is 5.86. The summed E-state index contributed by atoms with van der Waals surface area (Å²) in [5.41, 5.74) is 13.0. The van der Waals surface area contributed by atoms with Gasteiger partial charge in [-0.1, -0.05) is 84.1 Å². The number of fused-ring (bicyclic) bond motifs is 3. The molecular weight excluding hydrogens is 510 g/mol. The van der Waals surface area contributed by atoms with Crippen molar-refractivity contribution in [2.24, 2.45) is 4.99 Å². The van der Waals surface area contributed by atoms with Gasteiger partial charge in [-0.25, -0.2) is 4.99 Å². The minimum Gasteiger partial charge on any atom is -0.317 e. The lowest BCUT2D eigenvalue weighted by Crippen LogP contribution is -2.38. The molecule has 2 aliphatic rings. The Morgan fingerprint density at radius 2 is 1.60 bits per heavy atom. The van der Waals surface area contributed by atoms with Crippen molar-refractivity contribution < 1.29 is 0 Å². The number of rotatable bonds is 3. The zero-order chi connectivity index (χ0) is 27.5. The van der Waals surface area contributed by atoms with Crippen molar-refractivity contribution in [2.75, 3.05) is 0 Å². The summed E-state index contributed by atoms with van der Waals surface area (Å²) in [5, 5.41) is 0. The average Bonchev–Trinajstić information content (AvgIpc) is 3.42. The Bertz CT molecular complexity index is 2000. The van der Waals surface area contributed by atoms with E-state index >= 15 is 0 Å². The number of aryl methyl sites for hydroxylation is 4. The van der Waals surface area contributed by atoms with E-state index in [9.17, 15) is 4.79 Å². The van der Waals surface area contributed by atoms with Crippen molar-refractivity contribution in [2.45, 2.75) is 46.6 Å². The molecule has 0 N–H and O–H groups in total. The molecule has 1 atom stereocenters. The van der Waals surface area contributed by atoms with Crippen molar-refractivity contribution in [1.29, 1.82) is 0 Å². The van der Waals surface area contributed by atoms with E-state index in [1.807, 2.05) is 10.6 Å². The highest BCUT2D eigenvalue weighted by Gasteiger charge is 2.32. The lowest BCUT2D eigenvalue weighted by atomic mass is 9.83. The summed E-state index contributed by atoms with van der Waals surface area (Å²) < 4.78 is 4.97. The maximum Gasteiger partial charge on any atom is 0.271 e. The van der Waals surface area contributed by atoms with Crippen LogP contribution in [0.1, 0.15) is 57.2 Å². The van der Waals surface area contributed by atoms with E-state index in [2.05, 4.69) is 111 Å². The van der Waals surface area contributed by atoms with Crippen LogP contribution in [0.4, 0.5) is 0 Å². The normalized spacial score (nSPS) is 16.4. The predicted molar refractivity (Wildman–Crippen MR) is 164 cm³/mol. The van der Waals surface area contributed by atoms with E-state index < -0.39 is 0 Å². The Balaban J connectivity index is 1.45. The minimum absolute atomic E-state index is 0.0277. The molecule has 7 rings (SSSR count). The molecule has 0 spiro atoms. The van der Waals surface area contributed by atoms with E-state index in [1.165, 1.54) is 44.9 Å². The SMILES string of the molecule is Cc1cccc(C)c1-n1c(C)cc(/C=c2\sc3n(c2=O)[C@@H](c2ccccc2)C2=C(N=3)c3ccccc3CC2)c1C. The summed E-state index contributed by atoms with van der Waals surface area (Å²) in [6.45, 7) is 8.59. The van der Waals surface area contributed by atoms with Crippen molar-refractivity contribution in [3.63, 3.8) is 0 Å². The molecule has 40 heavy (non-hydrogen) atoms. The molecule has 2 aromatic heterocycles. The van der Waals surface area contributed by atoms with E-state index in [0.717, 1.165) is 50.4 Å². The lowest BCUT2D eigenvalue weighted by molar-refractivity contribution is 0.585. The fourth-order valence-electron chi connectivity index (χ4n) is 6.54. The number of hydrogen-bond acceptors (Lipinski definition) is 3. The smallest absolute Gasteiger partial charge is 0.271 e. The molecule has 0 unspecified atom stereocenters. The standard InChI is InChI=1S/C35H31N3OS/c1-21-11-10-12-22(2)32(21)37-23(3)19-27(24(37)4)20-30-34(39)38-33(26-14-6-5-7-15-26)29-18-17-25-13-8-9-16-28(25)31(29)36-35(38)40-30/h5-16,19-20,33H,17-18H2,1-4H3/b30-20-/t33-/m0/s1. The van der Waals surface area contributed by atoms with E-state index in [-0.39, 0.29) is 11.6 Å². The fourth-order valence-corrected chi connectivity index (χ4v) is 7.53. The molecule has 0 saturated heterocycles. The Morgan fingerprint density at radius 3 is 2.38 bits per heavy atom. The number of hydrogen-bond donors (Lipinski definition) is 0. The highest BCUT2D eigenvalue weighted by atomic mass is 32.1. The van der Waals surface area contributed by atoms with Crippen LogP contribution in [0.2, 0.25) is 0 Å². The van der Waals surface area contributed by atoms with Gasteiger partial charge in [-0.05, 0) is 86.1 Å². The van der Waals surface area contributed by atoms with E-state index in [0.29, 0.717) is 0 Å². The van der Waals surface area contributed by atoms with Crippen LogP contribution in [0.3, 0.4) is 0 Å². The molecular formula is C35H31N3OS. The highest BCUT2D eigenvalue weighted by Crippen LogP contribution is 2.41. The van der Waals surface area contributed by atoms with Crippen LogP contribution in [0.25, 0.3) is 17.5 Å². The number of nitrogens with zero attached hydrogens (tertiary/aromatic N) is 3. The van der Waals surface area contributed by atoms with E-state index in [4.69, 9.17) is 4.99 Å². The Labute approximate surface area is 237 Å². The first kappa shape index (κ1) is 24.8. The first-order valence-corrected chi connectivity index (χ1v) is 14.7. The highest BCUT2D eigenvalue weighted by molar-refractivity contribution is 7.07. The van der Waals surface area contributed by atoms with Crippen molar-refractivity contribution in [3.8, 4) is 5.69 Å². The molecule has 3 heterocycles. The summed E-state index contributed by atoms with van der Waals surface area (Å²) in [6.07, 6.45) is 3.92. The minimum atomic E-state index is -0.148. The molecule has 0 bridgehead atoms. The number of aromatic nitrogens is 2. The molecule has 4 nitrogen and oxygen atoms in total. The fraction of sp³-hybridized carbons (Fsp3) is 0.200. The molecule has 198 valence electrons. The summed E-state index contributed by atoms with van der Waals surface area (Å²) in [7, 11) is 0. The maximum absolute atomic E-state index is 14.2. The largest absolute Gasteiger partial charge is 0.317 e. The number of para-hydroxylation sites is 1. The lowest BCUT2D eigenvalue weighted by Gasteiger charge is -2.30. The second kappa shape index (κ2) is 9.46. The van der Waals surface area contributed by atoms with Gasteiger partial charge in [0.2, 0.25) is 0 Å². The zero-order valence-corrected chi connectivity index (χ0v) is 24.0. The molecule has 0 radical (unpaired) electrons. The van der Waals surface area contributed by atoms with Gasteiger partial charge in [0.25, 0.3) is 5.56 Å². The van der Waals surface area contributed by atoms with Crippen LogP contribution in [0.15, 0.2) is 94.2 Å². The molecule has 3 aromatic carbocycles. The number of thiazole rings is 1. The quantitative estimate of drug-likeness (QED) is 0.263. The van der Waals surface area contributed by atoms with Crippen LogP contribution >= 0.6 is 11.3 Å². The Hall–Kier alpha value is -4.22. The van der Waals surface area contributed by atoms with E-state index in [1.54, 1.807) is 0 Å². The van der Waals surface area contributed by atoms with Gasteiger partial charge in [-0.2, -0.15) is 0 Å². The van der Waals surface area contributed by atoms with Crippen molar-refractivity contribution in [1.82, 2.24) is 9.13 Å². The van der Waals surface area contributed by atoms with Gasteiger partial charge in [-0.15, -0.1) is 0 Å². The maximum atomic E-state index is 14.2. The van der Waals surface area contributed by atoms with Gasteiger partial charge in [0, 0.05) is 17.0 Å². The van der Waals surface area contributed by atoms with Gasteiger partial charge >= 0.3 is 0 Å². The Morgan fingerprint density at radius 1 is 0.875 bits per heavy atom. The molecule has 0 saturated carbocycles. The van der Waals surface area contributed by atoms with Crippen molar-refractivity contribution in [3.05, 3.63) is 149 Å². The van der Waals surface area contributed by atoms with Crippen LogP contribution in [-0.2, 0) is 6.42 Å². The van der Waals surface area contributed by atoms with Gasteiger partial charge < -0.3 is 4.57 Å². The predicted octanol–water partition coefficient (Wildman–Crippen LogP) is 6.34. The zero-order valence-electron chi connectivity index (χ0n) is 23.2. The topological polar surface area (TPSA) is 39.3 Å². The van der Waals surface area contributed by atoms with Crippen LogP contribution < -0.4 is 14.9 Å². The third kappa shape index (κ3) is 3.80. The summed E-state index contributed by atoms with van der Waals surface area (Å²) in [4.78, 5) is 20.1. The number of benzene rings is 3. The number of allylic oxidation sites excluding steroid dienone is 1. The van der Waals surface area contributed by atoms with Crippen molar-refractivity contribution >= 4 is 23.1 Å². The monoisotopic (exact) mass is 541 g/mol. The summed E-state index contributed by atoms with van der Waals surface area (Å²) >= 11 is 1.50.